The Hall–Kier alpha value is -0.843. The molecule has 5 heteroatoms. The van der Waals surface area contributed by atoms with E-state index < -0.39 is 8.07 Å². The number of methoxy groups -OCH3 is 1. The summed E-state index contributed by atoms with van der Waals surface area (Å²) in [5.41, 5.74) is 0. The summed E-state index contributed by atoms with van der Waals surface area (Å²) in [6, 6.07) is 0.976. The summed E-state index contributed by atoms with van der Waals surface area (Å²) in [6.45, 7) is 9.05. The molecule has 0 saturated carbocycles. The zero-order valence-electron chi connectivity index (χ0n) is 11.5. The van der Waals surface area contributed by atoms with Crippen LogP contribution in [0.15, 0.2) is 0 Å². The minimum Gasteiger partial charge on any atom is -0.469 e. The van der Waals surface area contributed by atoms with E-state index >= 15 is 0 Å². The second kappa shape index (κ2) is 7.48. The predicted octanol–water partition coefficient (Wildman–Crippen LogP) is 2.46. The zero-order chi connectivity index (χ0) is 13.5. The molecule has 0 spiro atoms. The molecular weight excluding hydrogens is 236 g/mol. The van der Waals surface area contributed by atoms with Crippen LogP contribution >= 0.6 is 0 Å². The van der Waals surface area contributed by atoms with Gasteiger partial charge in [0.2, 0.25) is 0 Å². The summed E-state index contributed by atoms with van der Waals surface area (Å²) in [6.07, 6.45) is 0.542. The van der Waals surface area contributed by atoms with E-state index in [0.29, 0.717) is 6.61 Å². The summed E-state index contributed by atoms with van der Waals surface area (Å²) in [7, 11) is 0.201. The van der Waals surface area contributed by atoms with Gasteiger partial charge in [-0.2, -0.15) is 0 Å². The molecule has 0 amide bonds. The molecule has 0 aromatic heterocycles. The monoisotopic (exact) mass is 260 g/mol. The minimum atomic E-state index is -1.15. The second-order valence-electron chi connectivity index (χ2n) is 5.62. The standard InChI is InChI=1S/C12H24O4Si/c1-10(8-11(13)15-2)9-12(14)16-6-7-17(3,4)5/h10H,6-9H2,1-5H3. The maximum absolute atomic E-state index is 11.5. The van der Waals surface area contributed by atoms with Gasteiger partial charge in [0.1, 0.15) is 0 Å². The fourth-order valence-corrected chi connectivity index (χ4v) is 1.97. The van der Waals surface area contributed by atoms with Crippen LogP contribution in [0.25, 0.3) is 0 Å². The lowest BCUT2D eigenvalue weighted by Gasteiger charge is -2.16. The molecule has 1 atom stereocenters. The van der Waals surface area contributed by atoms with Gasteiger partial charge in [-0.3, -0.25) is 9.59 Å². The summed E-state index contributed by atoms with van der Waals surface area (Å²) >= 11 is 0. The molecule has 17 heavy (non-hydrogen) atoms. The van der Waals surface area contributed by atoms with Gasteiger partial charge in [-0.15, -0.1) is 0 Å². The van der Waals surface area contributed by atoms with Crippen molar-refractivity contribution in [2.45, 2.75) is 45.5 Å². The number of carbonyl (C=O) groups is 2. The smallest absolute Gasteiger partial charge is 0.306 e. The fraction of sp³-hybridized carbons (Fsp3) is 0.833. The lowest BCUT2D eigenvalue weighted by Crippen LogP contribution is -2.23. The summed E-state index contributed by atoms with van der Waals surface area (Å²) in [4.78, 5) is 22.4. The van der Waals surface area contributed by atoms with Gasteiger partial charge < -0.3 is 9.47 Å². The Morgan fingerprint density at radius 3 is 2.12 bits per heavy atom. The molecule has 0 heterocycles. The van der Waals surface area contributed by atoms with Gasteiger partial charge in [0.15, 0.2) is 0 Å². The number of hydrogen-bond donors (Lipinski definition) is 0. The van der Waals surface area contributed by atoms with Crippen LogP contribution < -0.4 is 0 Å². The lowest BCUT2D eigenvalue weighted by molar-refractivity contribution is -0.145. The van der Waals surface area contributed by atoms with Gasteiger partial charge >= 0.3 is 11.9 Å². The van der Waals surface area contributed by atoms with E-state index in [1.807, 2.05) is 6.92 Å². The number of rotatable bonds is 7. The average molecular weight is 260 g/mol. The van der Waals surface area contributed by atoms with Crippen LogP contribution in [0.4, 0.5) is 0 Å². The van der Waals surface area contributed by atoms with Crippen LogP contribution in [0, 0.1) is 5.92 Å². The van der Waals surface area contributed by atoms with Crippen LogP contribution in [0.5, 0.6) is 0 Å². The molecule has 0 fully saturated rings. The van der Waals surface area contributed by atoms with Gasteiger partial charge in [-0.05, 0) is 12.0 Å². The topological polar surface area (TPSA) is 52.6 Å². The lowest BCUT2D eigenvalue weighted by atomic mass is 10.0. The van der Waals surface area contributed by atoms with E-state index in [2.05, 4.69) is 24.4 Å². The third kappa shape index (κ3) is 10.1. The Kier molecular flexibility index (Phi) is 7.11. The maximum atomic E-state index is 11.5. The highest BCUT2D eigenvalue weighted by atomic mass is 28.3. The van der Waals surface area contributed by atoms with E-state index in [1.54, 1.807) is 0 Å². The van der Waals surface area contributed by atoms with E-state index in [0.717, 1.165) is 6.04 Å². The maximum Gasteiger partial charge on any atom is 0.306 e. The molecule has 100 valence electrons. The normalized spacial score (nSPS) is 13.0. The highest BCUT2D eigenvalue weighted by molar-refractivity contribution is 6.76. The van der Waals surface area contributed by atoms with Crippen molar-refractivity contribution in [1.82, 2.24) is 0 Å². The van der Waals surface area contributed by atoms with E-state index in [4.69, 9.17) is 4.74 Å². The number of esters is 2. The first kappa shape index (κ1) is 16.2. The Bertz CT molecular complexity index is 258. The van der Waals surface area contributed by atoms with Crippen molar-refractivity contribution < 1.29 is 19.1 Å². The Morgan fingerprint density at radius 2 is 1.65 bits per heavy atom. The van der Waals surface area contributed by atoms with Gasteiger partial charge in [0.25, 0.3) is 0 Å². The number of ether oxygens (including phenoxy) is 2. The molecule has 0 saturated heterocycles. The van der Waals surface area contributed by atoms with Crippen molar-refractivity contribution in [3.8, 4) is 0 Å². The van der Waals surface area contributed by atoms with Crippen LogP contribution in [-0.2, 0) is 19.1 Å². The quantitative estimate of drug-likeness (QED) is 0.521. The van der Waals surface area contributed by atoms with Gasteiger partial charge in [0, 0.05) is 20.9 Å². The number of carbonyl (C=O) groups excluding carboxylic acids is 2. The minimum absolute atomic E-state index is 0.0261. The summed E-state index contributed by atoms with van der Waals surface area (Å²) in [5, 5.41) is 0. The third-order valence-corrected chi connectivity index (χ3v) is 4.08. The van der Waals surface area contributed by atoms with Crippen molar-refractivity contribution in [1.29, 1.82) is 0 Å². The predicted molar refractivity (Wildman–Crippen MR) is 69.5 cm³/mol. The summed E-state index contributed by atoms with van der Waals surface area (Å²) in [5.74, 6) is -0.533. The van der Waals surface area contributed by atoms with Crippen LogP contribution in [-0.4, -0.2) is 33.7 Å². The molecular formula is C12H24O4Si. The van der Waals surface area contributed by atoms with Gasteiger partial charge in [-0.1, -0.05) is 26.6 Å². The second-order valence-corrected chi connectivity index (χ2v) is 11.2. The first-order chi connectivity index (χ1) is 7.74. The Labute approximate surface area is 105 Å². The van der Waals surface area contributed by atoms with Gasteiger partial charge in [-0.25, -0.2) is 0 Å². The largest absolute Gasteiger partial charge is 0.469 e. The fourth-order valence-electron chi connectivity index (χ4n) is 1.25. The van der Waals surface area contributed by atoms with Crippen molar-refractivity contribution in [2.24, 2.45) is 5.92 Å². The van der Waals surface area contributed by atoms with E-state index in [1.165, 1.54) is 7.11 Å². The molecule has 0 bridgehead atoms. The molecule has 0 aliphatic rings. The van der Waals surface area contributed by atoms with Crippen LogP contribution in [0.3, 0.4) is 0 Å². The first-order valence-corrected chi connectivity index (χ1v) is 9.68. The molecule has 0 aromatic rings. The van der Waals surface area contributed by atoms with Crippen molar-refractivity contribution in [3.63, 3.8) is 0 Å². The van der Waals surface area contributed by atoms with E-state index in [9.17, 15) is 9.59 Å². The molecule has 0 radical (unpaired) electrons. The Balaban J connectivity index is 3.75. The zero-order valence-corrected chi connectivity index (χ0v) is 12.5. The Morgan fingerprint density at radius 1 is 1.12 bits per heavy atom. The highest BCUT2D eigenvalue weighted by Gasteiger charge is 2.16. The molecule has 0 aromatic carbocycles. The SMILES string of the molecule is COC(=O)CC(C)CC(=O)OCC[Si](C)(C)C. The van der Waals surface area contributed by atoms with Crippen molar-refractivity contribution >= 4 is 20.0 Å². The van der Waals surface area contributed by atoms with Crippen molar-refractivity contribution in [2.75, 3.05) is 13.7 Å². The third-order valence-electron chi connectivity index (χ3n) is 2.37. The van der Waals surface area contributed by atoms with Gasteiger partial charge in [0.05, 0.1) is 13.7 Å². The molecule has 4 nitrogen and oxygen atoms in total. The van der Waals surface area contributed by atoms with Crippen molar-refractivity contribution in [3.05, 3.63) is 0 Å². The molecule has 0 rings (SSSR count). The average Bonchev–Trinajstić information content (AvgIpc) is 2.14. The molecule has 0 aliphatic carbocycles. The summed E-state index contributed by atoms with van der Waals surface area (Å²) < 4.78 is 9.69. The van der Waals surface area contributed by atoms with Crippen LogP contribution in [0.2, 0.25) is 25.7 Å². The molecule has 0 aliphatic heterocycles. The molecule has 1 unspecified atom stereocenters. The first-order valence-electron chi connectivity index (χ1n) is 5.97. The number of hydrogen-bond acceptors (Lipinski definition) is 4. The molecule has 0 N–H and O–H groups in total. The van der Waals surface area contributed by atoms with E-state index in [-0.39, 0.29) is 30.7 Å². The van der Waals surface area contributed by atoms with Crippen LogP contribution in [0.1, 0.15) is 19.8 Å². The highest BCUT2D eigenvalue weighted by Crippen LogP contribution is 2.11.